The number of benzene rings is 18. The number of hydrogen-bond donors (Lipinski definition) is 0. The van der Waals surface area contributed by atoms with Crippen molar-refractivity contribution in [2.24, 2.45) is 4.99 Å². The van der Waals surface area contributed by atoms with Crippen LogP contribution in [0.5, 0.6) is 51.7 Å². The number of ether oxygens (including phenoxy) is 5. The molecule has 2 aliphatic heterocycles. The number of aliphatic imine (C=N–C) groups is 1. The third-order valence-electron chi connectivity index (χ3n) is 29.7. The van der Waals surface area contributed by atoms with Crippen LogP contribution in [0.1, 0.15) is 248 Å². The minimum atomic E-state index is -0.512. The zero-order chi connectivity index (χ0) is 97.7. The molecule has 0 unspecified atom stereocenters. The van der Waals surface area contributed by atoms with Crippen molar-refractivity contribution >= 4 is 198 Å². The van der Waals surface area contributed by atoms with Crippen LogP contribution in [0.4, 0.5) is 17.1 Å². The Bertz CT molecular complexity index is 8600. The van der Waals surface area contributed by atoms with Gasteiger partial charge in [-0.1, -0.05) is 260 Å². The van der Waals surface area contributed by atoms with Crippen LogP contribution in [0.15, 0.2) is 248 Å². The van der Waals surface area contributed by atoms with E-state index in [9.17, 15) is 10.1 Å². The molecule has 0 radical (unpaired) electrons. The summed E-state index contributed by atoms with van der Waals surface area (Å²) in [7, 11) is 0. The van der Waals surface area contributed by atoms with E-state index >= 15 is 19.2 Å². The zero-order valence-electron chi connectivity index (χ0n) is 82.3. The van der Waals surface area contributed by atoms with Crippen LogP contribution in [-0.2, 0) is 26.5 Å². The summed E-state index contributed by atoms with van der Waals surface area (Å²) in [5.41, 5.74) is 9.05. The Morgan fingerprint density at radius 1 is 0.264 bits per heavy atom. The van der Waals surface area contributed by atoms with Gasteiger partial charge in [0.1, 0.15) is 51.7 Å². The molecule has 14 heteroatoms. The smallest absolute Gasteiger partial charge is 0.292 e. The highest BCUT2D eigenvalue weighted by atomic mass is 16.5. The van der Waals surface area contributed by atoms with Crippen LogP contribution in [0, 0.1) is 11.5 Å². The van der Waals surface area contributed by atoms with Gasteiger partial charge in [0.2, 0.25) is 6.08 Å². The van der Waals surface area contributed by atoms with Crippen LogP contribution < -0.4 is 33.5 Å². The third kappa shape index (κ3) is 13.5. The number of carbonyl (C=O) groups excluding carboxylic acids is 5. The standard InChI is InChI=1S/C126H104N4O10/c1-63(2)89-53-75(128-62-131)54-90(64(3)4)117(89)129-119(132)97-57-101(137-76-33-25-71(26-34-76)123(9,10)11)111-85-45-41-81-93-49-67-21-23-69-51-95-83-43-47-87-108-88(48-44-84(106(83)108)96(95)52-70(69)24-22-68(67)50-94(93)82-42-46-86(107(85)105(81)82)112-102(58-98(120(129)133)109(97)115(111)112)138-77-35-27-72(28-36-77)124(12,13)14)114-104(140-79-39-31-74(32-40-79)126(18,19)20)60-100-110-99(59-103(113(87)116(110)114)139-78-37-29-73(30-38-78)125(15,16)17)121(134)130(122(100)135)118-91(65(5)6)55-80(136-61-127)56-92(118)66(7)8/h21-60,63-66H,1-20H3. The Morgan fingerprint density at radius 3 is 0.729 bits per heavy atom. The van der Waals surface area contributed by atoms with Crippen LogP contribution >= 0.6 is 0 Å². The van der Waals surface area contributed by atoms with Gasteiger partial charge in [-0.3, -0.25) is 19.2 Å². The minimum Gasteiger partial charge on any atom is -0.457 e. The average molecular weight is 1830 g/mol. The monoisotopic (exact) mass is 1830 g/mol. The van der Waals surface area contributed by atoms with Gasteiger partial charge in [0, 0.05) is 43.1 Å². The molecule has 0 atom stereocenters. The van der Waals surface area contributed by atoms with Crippen LogP contribution in [0.3, 0.4) is 0 Å². The number of fused-ring (bicyclic) bond motifs is 12. The molecular formula is C126H104N4O10. The number of amides is 4. The average Bonchev–Trinajstić information content (AvgIpc) is 1.28. The van der Waals surface area contributed by atoms with Crippen LogP contribution in [0.2, 0.25) is 0 Å². The molecule has 0 saturated heterocycles. The lowest BCUT2D eigenvalue weighted by Gasteiger charge is -2.33. The van der Waals surface area contributed by atoms with E-state index in [0.717, 1.165) is 152 Å². The second kappa shape index (κ2) is 31.4. The second-order valence-electron chi connectivity index (χ2n) is 43.9. The van der Waals surface area contributed by atoms with Crippen molar-refractivity contribution in [3.05, 3.63) is 309 Å². The first-order chi connectivity index (χ1) is 66.8. The van der Waals surface area contributed by atoms with Crippen molar-refractivity contribution in [1.82, 2.24) is 0 Å². The van der Waals surface area contributed by atoms with Gasteiger partial charge in [-0.15, -0.1) is 5.26 Å². The molecular weight excluding hydrogens is 1730 g/mol. The van der Waals surface area contributed by atoms with Gasteiger partial charge in [0.05, 0.1) is 39.3 Å². The highest BCUT2D eigenvalue weighted by molar-refractivity contribution is 6.50. The number of hydrogen-bond acceptors (Lipinski definition) is 12. The normalized spacial score (nSPS) is 13.6. The molecule has 23 rings (SSSR count). The number of carbonyl (C=O) groups is 4. The lowest BCUT2D eigenvalue weighted by Crippen LogP contribution is -2.42. The van der Waals surface area contributed by atoms with Gasteiger partial charge < -0.3 is 23.7 Å². The number of nitrogens with zero attached hydrogens (tertiary/aromatic N) is 4. The lowest BCUT2D eigenvalue weighted by atomic mass is 9.82. The van der Waals surface area contributed by atoms with Crippen molar-refractivity contribution in [1.29, 1.82) is 5.26 Å². The van der Waals surface area contributed by atoms with Crippen LogP contribution in [0.25, 0.3) is 151 Å². The molecule has 0 spiro atoms. The van der Waals surface area contributed by atoms with E-state index in [0.29, 0.717) is 135 Å². The van der Waals surface area contributed by atoms with Gasteiger partial charge in [-0.2, -0.15) is 4.99 Å². The van der Waals surface area contributed by atoms with Gasteiger partial charge in [0.25, 0.3) is 29.9 Å². The molecule has 0 bridgehead atoms. The summed E-state index contributed by atoms with van der Waals surface area (Å²) in [5.74, 6) is 1.43. The maximum Gasteiger partial charge on any atom is 0.292 e. The highest BCUT2D eigenvalue weighted by Crippen LogP contribution is 2.60. The molecule has 0 N–H and O–H groups in total. The largest absolute Gasteiger partial charge is 0.457 e. The van der Waals surface area contributed by atoms with E-state index in [4.69, 9.17) is 23.7 Å². The summed E-state index contributed by atoms with van der Waals surface area (Å²) in [6.45, 7) is 42.3. The number of rotatable bonds is 16. The van der Waals surface area contributed by atoms with E-state index in [1.165, 1.54) is 9.80 Å². The van der Waals surface area contributed by atoms with Gasteiger partial charge >= 0.3 is 0 Å². The van der Waals surface area contributed by atoms with Gasteiger partial charge in [-0.25, -0.2) is 14.6 Å². The fourth-order valence-corrected chi connectivity index (χ4v) is 22.5. The van der Waals surface area contributed by atoms with Crippen molar-refractivity contribution in [2.75, 3.05) is 9.80 Å². The van der Waals surface area contributed by atoms with Gasteiger partial charge in [-0.05, 0) is 319 Å². The number of imide groups is 2. The summed E-state index contributed by atoms with van der Waals surface area (Å²) < 4.78 is 35.0. The van der Waals surface area contributed by atoms with Crippen molar-refractivity contribution < 1.29 is 47.7 Å². The van der Waals surface area contributed by atoms with Gasteiger partial charge in [0.15, 0.2) is 0 Å². The van der Waals surface area contributed by atoms with Crippen molar-refractivity contribution in [3.8, 4) is 58.0 Å². The fourth-order valence-electron chi connectivity index (χ4n) is 22.5. The summed E-state index contributed by atoms with van der Waals surface area (Å²) >= 11 is 0. The molecule has 0 aromatic heterocycles. The van der Waals surface area contributed by atoms with E-state index in [1.807, 2.05) is 134 Å². The predicted octanol–water partition coefficient (Wildman–Crippen LogP) is 34.4. The molecule has 0 fully saturated rings. The molecule has 21 aromatic carbocycles. The molecule has 21 aromatic rings. The summed E-state index contributed by atoms with van der Waals surface area (Å²) in [4.78, 5) is 84.3. The SMILES string of the molecule is CC(C)c1cc(N=C=O)cc(C(C)C)c1N1C(=O)c2cc(Oc3ccc(C(C)(C)C)cc3)c3c4ccc5c6cc7ccc8cc9c(cc8ccc7cc6c6ccc(c7c(Oc8ccc(C(C)(C)C)cc8)cc(c2c37)C1=O)c4c56)c1ccc2c3c(Oc4ccc(C(C)(C)C)cc4)cc4c5c(cc(Oc6ccc(C(C)(C)C)cc6)c(c6ccc9c1c62)c53)C(=O)N(c1c(C(C)C)cc(OC#N)cc1C(C)C)C4=O. The fraction of sp³-hybridized carbons (Fsp3) is 0.222. The highest BCUT2D eigenvalue weighted by Gasteiger charge is 2.44. The molecule has 4 amide bonds. The van der Waals surface area contributed by atoms with E-state index in [-0.39, 0.29) is 45.3 Å². The quantitative estimate of drug-likeness (QED) is 0.0225. The minimum absolute atomic E-state index is 0.154. The Hall–Kier alpha value is -15.8. The third-order valence-corrected chi connectivity index (χ3v) is 29.7. The summed E-state index contributed by atoms with van der Waals surface area (Å²) in [6.07, 6.45) is 3.57. The molecule has 14 nitrogen and oxygen atoms in total. The Labute approximate surface area is 811 Å². The maximum atomic E-state index is 16.4. The first kappa shape index (κ1) is 88.2. The predicted molar refractivity (Wildman–Crippen MR) is 571 cm³/mol. The van der Waals surface area contributed by atoms with Crippen LogP contribution in [-0.4, -0.2) is 29.7 Å². The molecule has 140 heavy (non-hydrogen) atoms. The van der Waals surface area contributed by atoms with Crippen molar-refractivity contribution in [2.45, 2.75) is 184 Å². The van der Waals surface area contributed by atoms with Crippen molar-refractivity contribution in [3.63, 3.8) is 0 Å². The van der Waals surface area contributed by atoms with E-state index in [2.05, 4.69) is 234 Å². The molecule has 2 aliphatic rings. The lowest BCUT2D eigenvalue weighted by molar-refractivity contribution is 0.0877. The Balaban J connectivity index is 0.731. The zero-order valence-corrected chi connectivity index (χ0v) is 82.3. The molecule has 0 saturated carbocycles. The maximum absolute atomic E-state index is 16.4. The summed E-state index contributed by atoms with van der Waals surface area (Å²) in [6, 6.07) is 83.2. The number of nitriles is 1. The van der Waals surface area contributed by atoms with E-state index in [1.54, 1.807) is 30.3 Å². The summed E-state index contributed by atoms with van der Waals surface area (Å²) in [5, 5.41) is 35.4. The first-order valence-electron chi connectivity index (χ1n) is 48.5. The molecule has 688 valence electrons. The Kier molecular flexibility index (Phi) is 19.8. The number of isocyanates is 1. The molecule has 2 heterocycles. The Morgan fingerprint density at radius 2 is 0.500 bits per heavy atom. The first-order valence-corrected chi connectivity index (χ1v) is 48.5. The molecule has 0 aliphatic carbocycles. The van der Waals surface area contributed by atoms with E-state index < -0.39 is 23.6 Å². The number of anilines is 2. The topological polar surface area (TPSA) is 174 Å². The second-order valence-corrected chi connectivity index (χ2v) is 43.9.